The van der Waals surface area contributed by atoms with Crippen LogP contribution in [0.2, 0.25) is 0 Å². The van der Waals surface area contributed by atoms with Crippen LogP contribution in [0.3, 0.4) is 0 Å². The molecule has 1 atom stereocenters. The highest BCUT2D eigenvalue weighted by atomic mass is 19.3. The molecule has 0 aromatic carbocycles. The molecule has 0 bridgehead atoms. The maximum Gasteiger partial charge on any atom is 0.238 e. The van der Waals surface area contributed by atoms with Crippen LogP contribution in [0.25, 0.3) is 0 Å². The standard InChI is InChI=1S/C5H10F2O/c1-4(8)2-3-5(6)7/h4-5,8H,2-3H2,1H3/t4-/m0/s1. The van der Waals surface area contributed by atoms with E-state index in [2.05, 4.69) is 0 Å². The lowest BCUT2D eigenvalue weighted by molar-refractivity contribution is 0.103. The number of aliphatic hydroxyl groups is 1. The number of rotatable bonds is 3. The number of alkyl halides is 2. The second kappa shape index (κ2) is 3.78. The fourth-order valence-corrected chi connectivity index (χ4v) is 0.367. The molecule has 1 nitrogen and oxygen atoms in total. The molecule has 0 aliphatic carbocycles. The van der Waals surface area contributed by atoms with Crippen LogP contribution >= 0.6 is 0 Å². The third-order valence-electron chi connectivity index (χ3n) is 0.803. The normalized spacial score (nSPS) is 14.6. The van der Waals surface area contributed by atoms with Gasteiger partial charge < -0.3 is 5.11 Å². The van der Waals surface area contributed by atoms with Gasteiger partial charge in [0.05, 0.1) is 6.10 Å². The first-order chi connectivity index (χ1) is 3.63. The van der Waals surface area contributed by atoms with Gasteiger partial charge in [0, 0.05) is 6.42 Å². The second-order valence-corrected chi connectivity index (χ2v) is 1.82. The Morgan fingerprint density at radius 1 is 1.38 bits per heavy atom. The molecule has 8 heavy (non-hydrogen) atoms. The molecule has 0 saturated heterocycles. The van der Waals surface area contributed by atoms with Crippen molar-refractivity contribution >= 4 is 0 Å². The third-order valence-corrected chi connectivity index (χ3v) is 0.803. The summed E-state index contributed by atoms with van der Waals surface area (Å²) in [4.78, 5) is 0. The zero-order chi connectivity index (χ0) is 6.57. The van der Waals surface area contributed by atoms with E-state index in [9.17, 15) is 8.78 Å². The van der Waals surface area contributed by atoms with Crippen molar-refractivity contribution in [3.8, 4) is 0 Å². The number of aliphatic hydroxyl groups excluding tert-OH is 1. The first kappa shape index (κ1) is 7.82. The van der Waals surface area contributed by atoms with Gasteiger partial charge in [-0.1, -0.05) is 0 Å². The van der Waals surface area contributed by atoms with Crippen molar-refractivity contribution in [3.05, 3.63) is 0 Å². The molecule has 50 valence electrons. The van der Waals surface area contributed by atoms with Gasteiger partial charge in [-0.05, 0) is 13.3 Å². The molecule has 0 aromatic rings. The molecule has 0 heterocycles. The quantitative estimate of drug-likeness (QED) is 0.603. The minimum atomic E-state index is -2.27. The van der Waals surface area contributed by atoms with Gasteiger partial charge in [0.25, 0.3) is 0 Å². The van der Waals surface area contributed by atoms with Gasteiger partial charge >= 0.3 is 0 Å². The molecule has 0 rings (SSSR count). The van der Waals surface area contributed by atoms with Gasteiger partial charge in [0.15, 0.2) is 0 Å². The van der Waals surface area contributed by atoms with Gasteiger partial charge in [-0.3, -0.25) is 0 Å². The van der Waals surface area contributed by atoms with Crippen LogP contribution in [0.15, 0.2) is 0 Å². The van der Waals surface area contributed by atoms with Crippen LogP contribution in [0.1, 0.15) is 19.8 Å². The molecule has 0 radical (unpaired) electrons. The summed E-state index contributed by atoms with van der Waals surface area (Å²) in [5, 5.41) is 8.47. The van der Waals surface area contributed by atoms with Crippen LogP contribution in [-0.2, 0) is 0 Å². The molecule has 0 fully saturated rings. The third kappa shape index (κ3) is 5.82. The van der Waals surface area contributed by atoms with Crippen molar-refractivity contribution in [1.29, 1.82) is 0 Å². The molecule has 0 aliphatic rings. The molecule has 1 N–H and O–H groups in total. The smallest absolute Gasteiger partial charge is 0.238 e. The molecule has 3 heteroatoms. The van der Waals surface area contributed by atoms with Crippen molar-refractivity contribution in [1.82, 2.24) is 0 Å². The Morgan fingerprint density at radius 2 is 1.88 bits per heavy atom. The van der Waals surface area contributed by atoms with E-state index in [0.29, 0.717) is 0 Å². The molecule has 0 amide bonds. The van der Waals surface area contributed by atoms with E-state index >= 15 is 0 Å². The van der Waals surface area contributed by atoms with Gasteiger partial charge in [-0.25, -0.2) is 8.78 Å². The molecular weight excluding hydrogens is 114 g/mol. The highest BCUT2D eigenvalue weighted by molar-refractivity contribution is 4.47. The minimum Gasteiger partial charge on any atom is -0.393 e. The maximum atomic E-state index is 11.3. The highest BCUT2D eigenvalue weighted by Crippen LogP contribution is 2.04. The first-order valence-corrected chi connectivity index (χ1v) is 2.59. The fourth-order valence-electron chi connectivity index (χ4n) is 0.367. The van der Waals surface area contributed by atoms with Crippen LogP contribution in [-0.4, -0.2) is 17.6 Å². The summed E-state index contributed by atoms with van der Waals surface area (Å²) >= 11 is 0. The Kier molecular flexibility index (Phi) is 3.69. The molecule has 0 unspecified atom stereocenters. The van der Waals surface area contributed by atoms with Crippen LogP contribution in [0.4, 0.5) is 8.78 Å². The zero-order valence-corrected chi connectivity index (χ0v) is 4.77. The lowest BCUT2D eigenvalue weighted by atomic mass is 10.2. The van der Waals surface area contributed by atoms with E-state index < -0.39 is 12.5 Å². The largest absolute Gasteiger partial charge is 0.393 e. The SMILES string of the molecule is C[C@H](O)CCC(F)F. The van der Waals surface area contributed by atoms with E-state index in [0.717, 1.165) is 0 Å². The number of hydrogen-bond acceptors (Lipinski definition) is 1. The average Bonchev–Trinajstić information content (AvgIpc) is 1.61. The van der Waals surface area contributed by atoms with E-state index in [-0.39, 0.29) is 12.8 Å². The Labute approximate surface area is 47.3 Å². The van der Waals surface area contributed by atoms with E-state index in [1.165, 1.54) is 6.92 Å². The number of hydrogen-bond donors (Lipinski definition) is 1. The van der Waals surface area contributed by atoms with E-state index in [1.54, 1.807) is 0 Å². The predicted octanol–water partition coefficient (Wildman–Crippen LogP) is 1.41. The van der Waals surface area contributed by atoms with Crippen molar-refractivity contribution in [2.45, 2.75) is 32.3 Å². The lowest BCUT2D eigenvalue weighted by Crippen LogP contribution is -2.02. The molecule has 0 saturated carbocycles. The monoisotopic (exact) mass is 124 g/mol. The van der Waals surface area contributed by atoms with Crippen LogP contribution in [0, 0.1) is 0 Å². The first-order valence-electron chi connectivity index (χ1n) is 2.59. The second-order valence-electron chi connectivity index (χ2n) is 1.82. The van der Waals surface area contributed by atoms with E-state index in [1.807, 2.05) is 0 Å². The Balaban J connectivity index is 2.93. The van der Waals surface area contributed by atoms with Crippen LogP contribution in [0.5, 0.6) is 0 Å². The topological polar surface area (TPSA) is 20.2 Å². The van der Waals surface area contributed by atoms with Crippen molar-refractivity contribution < 1.29 is 13.9 Å². The van der Waals surface area contributed by atoms with Crippen molar-refractivity contribution in [3.63, 3.8) is 0 Å². The van der Waals surface area contributed by atoms with Crippen molar-refractivity contribution in [2.75, 3.05) is 0 Å². The molecule has 0 spiro atoms. The summed E-state index contributed by atoms with van der Waals surface area (Å²) in [5.41, 5.74) is 0. The summed E-state index contributed by atoms with van der Waals surface area (Å²) in [7, 11) is 0. The highest BCUT2D eigenvalue weighted by Gasteiger charge is 2.03. The van der Waals surface area contributed by atoms with Crippen molar-refractivity contribution in [2.24, 2.45) is 0 Å². The molecular formula is C5H10F2O. The summed E-state index contributed by atoms with van der Waals surface area (Å²) < 4.78 is 22.6. The van der Waals surface area contributed by atoms with Crippen LogP contribution < -0.4 is 0 Å². The van der Waals surface area contributed by atoms with E-state index in [4.69, 9.17) is 5.11 Å². The molecule has 0 aromatic heterocycles. The lowest BCUT2D eigenvalue weighted by Gasteiger charge is -2.00. The predicted molar refractivity (Wildman–Crippen MR) is 26.9 cm³/mol. The summed E-state index contributed by atoms with van der Waals surface area (Å²) in [6, 6.07) is 0. The van der Waals surface area contributed by atoms with Gasteiger partial charge in [-0.2, -0.15) is 0 Å². The summed E-state index contributed by atoms with van der Waals surface area (Å²) in [5.74, 6) is 0. The minimum absolute atomic E-state index is 0.192. The average molecular weight is 124 g/mol. The Bertz CT molecular complexity index is 46.4. The van der Waals surface area contributed by atoms with Gasteiger partial charge in [-0.15, -0.1) is 0 Å². The zero-order valence-electron chi connectivity index (χ0n) is 4.77. The summed E-state index contributed by atoms with van der Waals surface area (Å²) in [6.45, 7) is 1.50. The Morgan fingerprint density at radius 3 is 2.00 bits per heavy atom. The fraction of sp³-hybridized carbons (Fsp3) is 1.00. The maximum absolute atomic E-state index is 11.3. The van der Waals surface area contributed by atoms with Gasteiger partial charge in [0.2, 0.25) is 6.43 Å². The number of halogens is 2. The summed E-state index contributed by atoms with van der Waals surface area (Å²) in [6.07, 6.45) is -2.87. The Hall–Kier alpha value is -0.180. The molecule has 0 aliphatic heterocycles. The van der Waals surface area contributed by atoms with Gasteiger partial charge in [0.1, 0.15) is 0 Å².